The van der Waals surface area contributed by atoms with Crippen molar-refractivity contribution in [2.45, 2.75) is 31.4 Å². The lowest BCUT2D eigenvalue weighted by atomic mass is 9.80. The third-order valence-corrected chi connectivity index (χ3v) is 4.14. The maximum atomic E-state index is 12.1. The van der Waals surface area contributed by atoms with E-state index in [0.29, 0.717) is 6.61 Å². The van der Waals surface area contributed by atoms with Crippen molar-refractivity contribution in [1.29, 1.82) is 0 Å². The van der Waals surface area contributed by atoms with Gasteiger partial charge in [0.15, 0.2) is 0 Å². The Bertz CT molecular complexity index is 443. The molecule has 1 aromatic rings. The quantitative estimate of drug-likeness (QED) is 0.886. The van der Waals surface area contributed by atoms with Crippen LogP contribution in [0.5, 0.6) is 0 Å². The summed E-state index contributed by atoms with van der Waals surface area (Å²) >= 11 is 0. The first-order chi connectivity index (χ1) is 9.27. The number of rotatable bonds is 2. The molecule has 2 fully saturated rings. The van der Waals surface area contributed by atoms with Crippen LogP contribution in [0.3, 0.4) is 0 Å². The lowest BCUT2D eigenvalue weighted by Gasteiger charge is -2.49. The smallest absolute Gasteiger partial charge is 0.410 e. The zero-order chi connectivity index (χ0) is 13.1. The van der Waals surface area contributed by atoms with Crippen molar-refractivity contribution in [3.05, 3.63) is 35.9 Å². The van der Waals surface area contributed by atoms with Crippen molar-refractivity contribution in [2.75, 3.05) is 19.6 Å². The monoisotopic (exact) mass is 260 g/mol. The van der Waals surface area contributed by atoms with Gasteiger partial charge < -0.3 is 15.0 Å². The summed E-state index contributed by atoms with van der Waals surface area (Å²) in [5.74, 6) is 0. The van der Waals surface area contributed by atoms with Crippen molar-refractivity contribution >= 4 is 6.09 Å². The summed E-state index contributed by atoms with van der Waals surface area (Å²) in [6, 6.07) is 9.81. The Morgan fingerprint density at radius 2 is 2.11 bits per heavy atom. The van der Waals surface area contributed by atoms with Crippen LogP contribution >= 0.6 is 0 Å². The number of nitrogens with one attached hydrogen (secondary N) is 1. The van der Waals surface area contributed by atoms with Crippen molar-refractivity contribution in [1.82, 2.24) is 10.2 Å². The first-order valence-electron chi connectivity index (χ1n) is 6.98. The SMILES string of the molecule is O=C(OCc1ccccc1)N1CCC[C@]2(CCN2)C1. The summed E-state index contributed by atoms with van der Waals surface area (Å²) < 4.78 is 5.39. The van der Waals surface area contributed by atoms with E-state index in [4.69, 9.17) is 4.74 Å². The van der Waals surface area contributed by atoms with Crippen LogP contribution in [-0.2, 0) is 11.3 Å². The number of amides is 1. The molecule has 0 aromatic heterocycles. The van der Waals surface area contributed by atoms with Crippen LogP contribution in [0, 0.1) is 0 Å². The highest BCUT2D eigenvalue weighted by molar-refractivity contribution is 5.68. The van der Waals surface area contributed by atoms with Gasteiger partial charge >= 0.3 is 6.09 Å². The molecule has 1 spiro atoms. The van der Waals surface area contributed by atoms with Gasteiger partial charge in [0, 0.05) is 18.6 Å². The lowest BCUT2D eigenvalue weighted by Crippen LogP contribution is -2.65. The van der Waals surface area contributed by atoms with Crippen LogP contribution < -0.4 is 5.32 Å². The van der Waals surface area contributed by atoms with E-state index < -0.39 is 0 Å². The Morgan fingerprint density at radius 1 is 1.32 bits per heavy atom. The van der Waals surface area contributed by atoms with Gasteiger partial charge in [0.25, 0.3) is 0 Å². The van der Waals surface area contributed by atoms with Gasteiger partial charge in [-0.2, -0.15) is 0 Å². The minimum atomic E-state index is -0.184. The normalized spacial score (nSPS) is 26.0. The Hall–Kier alpha value is -1.55. The number of ether oxygens (including phenoxy) is 1. The fourth-order valence-corrected chi connectivity index (χ4v) is 2.93. The van der Waals surface area contributed by atoms with Crippen LogP contribution in [0.4, 0.5) is 4.79 Å². The summed E-state index contributed by atoms with van der Waals surface area (Å²) in [5.41, 5.74) is 1.22. The molecule has 0 aliphatic carbocycles. The number of benzene rings is 1. The molecule has 2 aliphatic heterocycles. The van der Waals surface area contributed by atoms with Crippen LogP contribution in [0.1, 0.15) is 24.8 Å². The Labute approximate surface area is 113 Å². The summed E-state index contributed by atoms with van der Waals surface area (Å²) in [6.07, 6.45) is 3.23. The van der Waals surface area contributed by atoms with Gasteiger partial charge in [0.1, 0.15) is 6.61 Å². The molecule has 4 heteroatoms. The second kappa shape index (κ2) is 5.21. The molecule has 1 amide bonds. The number of carbonyl (C=O) groups excluding carboxylic acids is 1. The molecule has 0 radical (unpaired) electrons. The molecule has 1 aromatic carbocycles. The van der Waals surface area contributed by atoms with E-state index in [1.165, 1.54) is 12.8 Å². The van der Waals surface area contributed by atoms with Crippen LogP contribution in [0.15, 0.2) is 30.3 Å². The predicted octanol–water partition coefficient (Wildman–Crippen LogP) is 2.15. The average molecular weight is 260 g/mol. The topological polar surface area (TPSA) is 41.6 Å². The minimum absolute atomic E-state index is 0.184. The maximum Gasteiger partial charge on any atom is 0.410 e. The standard InChI is InChI=1S/C15H20N2O2/c18-14(19-11-13-5-2-1-3-6-13)17-10-4-7-15(12-17)8-9-16-15/h1-3,5-6,16H,4,7-12H2/t15-/m0/s1. The summed E-state index contributed by atoms with van der Waals surface area (Å²) in [7, 11) is 0. The van der Waals surface area contributed by atoms with Crippen LogP contribution in [0.25, 0.3) is 0 Å². The number of hydrogen-bond acceptors (Lipinski definition) is 3. The third kappa shape index (κ3) is 2.73. The fraction of sp³-hybridized carbons (Fsp3) is 0.533. The van der Waals surface area contributed by atoms with E-state index in [-0.39, 0.29) is 11.6 Å². The molecule has 19 heavy (non-hydrogen) atoms. The van der Waals surface area contributed by atoms with Gasteiger partial charge in [-0.3, -0.25) is 0 Å². The first-order valence-corrected chi connectivity index (χ1v) is 6.98. The van der Waals surface area contributed by atoms with Crippen LogP contribution in [-0.4, -0.2) is 36.2 Å². The largest absolute Gasteiger partial charge is 0.445 e. The van der Waals surface area contributed by atoms with Crippen molar-refractivity contribution in [3.63, 3.8) is 0 Å². The molecule has 2 heterocycles. The zero-order valence-electron chi connectivity index (χ0n) is 11.1. The van der Waals surface area contributed by atoms with Crippen molar-refractivity contribution in [2.24, 2.45) is 0 Å². The molecular weight excluding hydrogens is 240 g/mol. The Balaban J connectivity index is 1.52. The first kappa shape index (κ1) is 12.5. The molecule has 0 saturated carbocycles. The molecule has 1 N–H and O–H groups in total. The second-order valence-corrected chi connectivity index (χ2v) is 5.52. The zero-order valence-corrected chi connectivity index (χ0v) is 11.1. The number of piperidine rings is 1. The summed E-state index contributed by atoms with van der Waals surface area (Å²) in [6.45, 7) is 3.04. The van der Waals surface area contributed by atoms with E-state index in [1.807, 2.05) is 35.2 Å². The van der Waals surface area contributed by atoms with E-state index in [2.05, 4.69) is 5.32 Å². The molecule has 1 atom stereocenters. The predicted molar refractivity (Wildman–Crippen MR) is 72.8 cm³/mol. The molecule has 0 bridgehead atoms. The molecule has 4 nitrogen and oxygen atoms in total. The molecule has 0 unspecified atom stereocenters. The molecule has 2 aliphatic rings. The van der Waals surface area contributed by atoms with Gasteiger partial charge in [0.05, 0.1) is 0 Å². The summed E-state index contributed by atoms with van der Waals surface area (Å²) in [5, 5.41) is 3.47. The van der Waals surface area contributed by atoms with Gasteiger partial charge in [0.2, 0.25) is 0 Å². The molecular formula is C15H20N2O2. The maximum absolute atomic E-state index is 12.1. The van der Waals surface area contributed by atoms with E-state index in [9.17, 15) is 4.79 Å². The highest BCUT2D eigenvalue weighted by atomic mass is 16.6. The highest BCUT2D eigenvalue weighted by Gasteiger charge is 2.41. The number of likely N-dealkylation sites (tertiary alicyclic amines) is 1. The number of hydrogen-bond donors (Lipinski definition) is 1. The second-order valence-electron chi connectivity index (χ2n) is 5.52. The molecule has 2 saturated heterocycles. The Kier molecular flexibility index (Phi) is 3.42. The van der Waals surface area contributed by atoms with Crippen LogP contribution in [0.2, 0.25) is 0 Å². The molecule has 3 rings (SSSR count). The van der Waals surface area contributed by atoms with Gasteiger partial charge in [-0.05, 0) is 31.4 Å². The fourth-order valence-electron chi connectivity index (χ4n) is 2.93. The van der Waals surface area contributed by atoms with Gasteiger partial charge in [-0.15, -0.1) is 0 Å². The van der Waals surface area contributed by atoms with E-state index >= 15 is 0 Å². The Morgan fingerprint density at radius 3 is 2.79 bits per heavy atom. The van der Waals surface area contributed by atoms with Crippen molar-refractivity contribution < 1.29 is 9.53 Å². The average Bonchev–Trinajstić information content (AvgIpc) is 2.44. The highest BCUT2D eigenvalue weighted by Crippen LogP contribution is 2.30. The minimum Gasteiger partial charge on any atom is -0.445 e. The lowest BCUT2D eigenvalue weighted by molar-refractivity contribution is 0.0450. The molecule has 102 valence electrons. The van der Waals surface area contributed by atoms with Gasteiger partial charge in [-0.25, -0.2) is 4.79 Å². The van der Waals surface area contributed by atoms with E-state index in [1.54, 1.807) is 0 Å². The summed E-state index contributed by atoms with van der Waals surface area (Å²) in [4.78, 5) is 13.9. The third-order valence-electron chi connectivity index (χ3n) is 4.14. The number of nitrogens with zero attached hydrogens (tertiary/aromatic N) is 1. The number of carbonyl (C=O) groups is 1. The van der Waals surface area contributed by atoms with Crippen molar-refractivity contribution in [3.8, 4) is 0 Å². The van der Waals surface area contributed by atoms with E-state index in [0.717, 1.165) is 31.6 Å². The van der Waals surface area contributed by atoms with Gasteiger partial charge in [-0.1, -0.05) is 30.3 Å².